The van der Waals surface area contributed by atoms with Crippen LogP contribution >= 0.6 is 12.4 Å². The van der Waals surface area contributed by atoms with Crippen molar-refractivity contribution in [1.82, 2.24) is 4.90 Å². The molecule has 0 saturated carbocycles. The lowest BCUT2D eigenvalue weighted by Gasteiger charge is -2.19. The molecule has 0 aliphatic heterocycles. The molecule has 5 nitrogen and oxygen atoms in total. The van der Waals surface area contributed by atoms with Crippen molar-refractivity contribution in [3.05, 3.63) is 30.1 Å². The number of para-hydroxylation sites is 1. The molecule has 7 heteroatoms. The Hall–Kier alpha value is -1.37. The van der Waals surface area contributed by atoms with E-state index in [0.29, 0.717) is 19.7 Å². The second kappa shape index (κ2) is 10.4. The van der Waals surface area contributed by atoms with E-state index in [0.717, 1.165) is 0 Å². The van der Waals surface area contributed by atoms with Gasteiger partial charge in [-0.25, -0.2) is 4.39 Å². The van der Waals surface area contributed by atoms with Crippen LogP contribution in [0.25, 0.3) is 0 Å². The molecular formula is C13H19ClFNO4. The average molecular weight is 308 g/mol. The van der Waals surface area contributed by atoms with Crippen LogP contribution in [0.5, 0.6) is 5.75 Å². The van der Waals surface area contributed by atoms with Crippen molar-refractivity contribution in [1.29, 1.82) is 0 Å². The van der Waals surface area contributed by atoms with E-state index in [-0.39, 0.29) is 31.3 Å². The third-order valence-electron chi connectivity index (χ3n) is 2.47. The Morgan fingerprint density at radius 3 is 2.55 bits per heavy atom. The number of nitrogens with zero attached hydrogens (tertiary/aromatic N) is 1. The smallest absolute Gasteiger partial charge is 0.317 e. The first-order valence-corrected chi connectivity index (χ1v) is 5.94. The summed E-state index contributed by atoms with van der Waals surface area (Å²) in [4.78, 5) is 12.4. The first kappa shape index (κ1) is 18.6. The third-order valence-corrected chi connectivity index (χ3v) is 2.47. The number of hydrogen-bond acceptors (Lipinski definition) is 4. The van der Waals surface area contributed by atoms with Crippen LogP contribution in [-0.4, -0.2) is 55.9 Å². The van der Waals surface area contributed by atoms with Gasteiger partial charge < -0.3 is 14.6 Å². The fraction of sp³-hybridized carbons (Fsp3) is 0.462. The van der Waals surface area contributed by atoms with Gasteiger partial charge in [-0.05, 0) is 12.1 Å². The first-order valence-electron chi connectivity index (χ1n) is 5.94. The number of halogens is 2. The number of carboxylic acid groups (broad SMARTS) is 1. The zero-order chi connectivity index (χ0) is 14.1. The van der Waals surface area contributed by atoms with Crippen LogP contribution in [-0.2, 0) is 9.53 Å². The van der Waals surface area contributed by atoms with Crippen molar-refractivity contribution >= 4 is 18.4 Å². The van der Waals surface area contributed by atoms with Gasteiger partial charge >= 0.3 is 5.97 Å². The summed E-state index contributed by atoms with van der Waals surface area (Å²) in [6.07, 6.45) is 0. The molecule has 1 aromatic rings. The molecule has 0 aliphatic rings. The number of hydrogen-bond donors (Lipinski definition) is 1. The molecular weight excluding hydrogens is 289 g/mol. The van der Waals surface area contributed by atoms with Gasteiger partial charge in [0, 0.05) is 20.2 Å². The number of aliphatic carboxylic acids is 1. The van der Waals surface area contributed by atoms with Gasteiger partial charge in [0.1, 0.15) is 6.61 Å². The van der Waals surface area contributed by atoms with Crippen LogP contribution < -0.4 is 4.74 Å². The molecule has 0 atom stereocenters. The van der Waals surface area contributed by atoms with Crippen molar-refractivity contribution in [2.75, 3.05) is 40.0 Å². The van der Waals surface area contributed by atoms with Gasteiger partial charge in [0.15, 0.2) is 11.6 Å². The molecule has 20 heavy (non-hydrogen) atoms. The highest BCUT2D eigenvalue weighted by Crippen LogP contribution is 2.14. The van der Waals surface area contributed by atoms with Crippen LogP contribution in [0.4, 0.5) is 4.39 Å². The van der Waals surface area contributed by atoms with Gasteiger partial charge in [-0.15, -0.1) is 12.4 Å². The minimum atomic E-state index is -0.915. The molecule has 0 fully saturated rings. The van der Waals surface area contributed by atoms with Crippen molar-refractivity contribution in [2.24, 2.45) is 0 Å². The summed E-state index contributed by atoms with van der Waals surface area (Å²) in [7, 11) is 1.55. The predicted octanol–water partition coefficient (Wildman–Crippen LogP) is 1.66. The molecule has 0 unspecified atom stereocenters. The van der Waals surface area contributed by atoms with Gasteiger partial charge in [0.2, 0.25) is 0 Å². The van der Waals surface area contributed by atoms with Crippen LogP contribution in [0, 0.1) is 5.82 Å². The summed E-state index contributed by atoms with van der Waals surface area (Å²) in [5, 5.41) is 8.76. The summed E-state index contributed by atoms with van der Waals surface area (Å²) < 4.78 is 23.5. The number of benzene rings is 1. The number of ether oxygens (including phenoxy) is 2. The number of carbonyl (C=O) groups is 1. The van der Waals surface area contributed by atoms with Crippen molar-refractivity contribution in [3.63, 3.8) is 0 Å². The quantitative estimate of drug-likeness (QED) is 0.752. The molecule has 1 aromatic carbocycles. The monoisotopic (exact) mass is 307 g/mol. The Bertz CT molecular complexity index is 406. The predicted molar refractivity (Wildman–Crippen MR) is 75.1 cm³/mol. The molecule has 0 bridgehead atoms. The molecule has 1 N–H and O–H groups in total. The van der Waals surface area contributed by atoms with E-state index in [2.05, 4.69) is 0 Å². The minimum absolute atomic E-state index is 0. The Morgan fingerprint density at radius 2 is 1.95 bits per heavy atom. The van der Waals surface area contributed by atoms with E-state index < -0.39 is 11.8 Å². The molecule has 114 valence electrons. The van der Waals surface area contributed by atoms with Gasteiger partial charge in [-0.2, -0.15) is 0 Å². The normalized spacial score (nSPS) is 10.2. The molecule has 0 saturated heterocycles. The average Bonchev–Trinajstić information content (AvgIpc) is 2.37. The zero-order valence-corrected chi connectivity index (χ0v) is 12.1. The van der Waals surface area contributed by atoms with Gasteiger partial charge in [-0.1, -0.05) is 12.1 Å². The van der Waals surface area contributed by atoms with Crippen LogP contribution in [0.1, 0.15) is 0 Å². The molecule has 0 aliphatic carbocycles. The van der Waals surface area contributed by atoms with E-state index >= 15 is 0 Å². The van der Waals surface area contributed by atoms with Crippen LogP contribution in [0.3, 0.4) is 0 Å². The maximum absolute atomic E-state index is 13.3. The Labute approximate surface area is 123 Å². The molecule has 0 heterocycles. The fourth-order valence-electron chi connectivity index (χ4n) is 1.53. The Morgan fingerprint density at radius 1 is 1.30 bits per heavy atom. The lowest BCUT2D eigenvalue weighted by atomic mass is 10.3. The molecule has 0 aromatic heterocycles. The lowest BCUT2D eigenvalue weighted by Crippen LogP contribution is -2.35. The second-order valence-electron chi connectivity index (χ2n) is 3.94. The number of rotatable bonds is 9. The first-order chi connectivity index (χ1) is 9.13. The standard InChI is InChI=1S/C13H18FNO4.ClH/c1-18-8-6-15(10-13(16)17)7-9-19-12-5-3-2-4-11(12)14;/h2-5H,6-10H2,1H3,(H,16,17);1H. The molecule has 1 rings (SSSR count). The number of carboxylic acids is 1. The summed E-state index contributed by atoms with van der Waals surface area (Å²) in [6.45, 7) is 1.45. The zero-order valence-electron chi connectivity index (χ0n) is 11.3. The largest absolute Gasteiger partial charge is 0.489 e. The maximum atomic E-state index is 13.3. The highest BCUT2D eigenvalue weighted by atomic mass is 35.5. The second-order valence-corrected chi connectivity index (χ2v) is 3.94. The van der Waals surface area contributed by atoms with Crippen molar-refractivity contribution < 1.29 is 23.8 Å². The van der Waals surface area contributed by atoms with Crippen molar-refractivity contribution in [3.8, 4) is 5.75 Å². The maximum Gasteiger partial charge on any atom is 0.317 e. The highest BCUT2D eigenvalue weighted by Gasteiger charge is 2.10. The molecule has 0 radical (unpaired) electrons. The van der Waals surface area contributed by atoms with Crippen LogP contribution in [0.15, 0.2) is 24.3 Å². The van der Waals surface area contributed by atoms with Gasteiger partial charge in [0.05, 0.1) is 13.2 Å². The Kier molecular flexibility index (Phi) is 9.71. The van der Waals surface area contributed by atoms with E-state index in [1.165, 1.54) is 12.1 Å². The number of methoxy groups -OCH3 is 1. The summed E-state index contributed by atoms with van der Waals surface area (Å²) in [5.74, 6) is -1.17. The summed E-state index contributed by atoms with van der Waals surface area (Å²) in [5.41, 5.74) is 0. The Balaban J connectivity index is 0.00000361. The highest BCUT2D eigenvalue weighted by molar-refractivity contribution is 5.85. The SMILES string of the molecule is COCCN(CCOc1ccccc1F)CC(=O)O.Cl. The molecule has 0 spiro atoms. The van der Waals surface area contributed by atoms with Gasteiger partial charge in [0.25, 0.3) is 0 Å². The molecule has 0 amide bonds. The van der Waals surface area contributed by atoms with Crippen LogP contribution in [0.2, 0.25) is 0 Å². The minimum Gasteiger partial charge on any atom is -0.489 e. The van der Waals surface area contributed by atoms with E-state index in [4.69, 9.17) is 14.6 Å². The fourth-order valence-corrected chi connectivity index (χ4v) is 1.53. The van der Waals surface area contributed by atoms with E-state index in [9.17, 15) is 9.18 Å². The van der Waals surface area contributed by atoms with Crippen molar-refractivity contribution in [2.45, 2.75) is 0 Å². The summed E-state index contributed by atoms with van der Waals surface area (Å²) in [6, 6.07) is 6.11. The lowest BCUT2D eigenvalue weighted by molar-refractivity contribution is -0.138. The topological polar surface area (TPSA) is 59.0 Å². The summed E-state index contributed by atoms with van der Waals surface area (Å²) >= 11 is 0. The van der Waals surface area contributed by atoms with E-state index in [1.54, 1.807) is 24.1 Å². The third kappa shape index (κ3) is 7.28. The van der Waals surface area contributed by atoms with E-state index in [1.807, 2.05) is 0 Å². The van der Waals surface area contributed by atoms with Gasteiger partial charge in [-0.3, -0.25) is 9.69 Å².